The van der Waals surface area contributed by atoms with E-state index in [9.17, 15) is 34.2 Å². The molecule has 8 rings (SSSR count). The van der Waals surface area contributed by atoms with Gasteiger partial charge in [0.05, 0.1) is 16.0 Å². The molecule has 1 aromatic heterocycles. The van der Waals surface area contributed by atoms with Crippen LogP contribution in [0, 0.1) is 0 Å². The quantitative estimate of drug-likeness (QED) is 0.0155. The second kappa shape index (κ2) is 21.0. The van der Waals surface area contributed by atoms with E-state index in [1.54, 1.807) is 26.8 Å². The first kappa shape index (κ1) is 48.4. The molecule has 4 amide bonds. The Bertz CT molecular complexity index is 2860. The molecule has 0 aliphatic carbocycles. The van der Waals surface area contributed by atoms with Crippen LogP contribution in [0.1, 0.15) is 65.2 Å². The summed E-state index contributed by atoms with van der Waals surface area (Å²) in [7, 11) is 0. The highest BCUT2D eigenvalue weighted by Gasteiger charge is 2.64. The fourth-order valence-corrected chi connectivity index (χ4v) is 9.81. The molecular formula is C54H51N5O10S. The van der Waals surface area contributed by atoms with E-state index in [0.29, 0.717) is 28.0 Å². The van der Waals surface area contributed by atoms with Crippen molar-refractivity contribution in [3.05, 3.63) is 191 Å². The summed E-state index contributed by atoms with van der Waals surface area (Å²) in [4.78, 5) is 73.6. The highest BCUT2D eigenvalue weighted by atomic mass is 32.2. The van der Waals surface area contributed by atoms with Crippen molar-refractivity contribution in [1.82, 2.24) is 25.8 Å². The van der Waals surface area contributed by atoms with Crippen LogP contribution in [0.3, 0.4) is 0 Å². The van der Waals surface area contributed by atoms with Gasteiger partial charge in [0.2, 0.25) is 0 Å². The molecule has 0 spiro atoms. The number of esters is 1. The number of β-lactam (4-membered cyclic amide) rings is 1. The zero-order valence-corrected chi connectivity index (χ0v) is 39.4. The van der Waals surface area contributed by atoms with E-state index in [4.69, 9.17) is 14.2 Å². The third-order valence-corrected chi connectivity index (χ3v) is 13.5. The molecule has 1 unspecified atom stereocenters. The van der Waals surface area contributed by atoms with Crippen molar-refractivity contribution in [3.8, 4) is 22.6 Å². The zero-order valence-electron chi connectivity index (χ0n) is 38.5. The summed E-state index contributed by atoms with van der Waals surface area (Å²) in [5.41, 5.74) is 4.83. The number of nitrogens with zero attached hydrogens (tertiary/aromatic N) is 2. The molecule has 2 saturated heterocycles. The number of pyridine rings is 1. The van der Waals surface area contributed by atoms with Crippen molar-refractivity contribution in [2.75, 3.05) is 19.7 Å². The summed E-state index contributed by atoms with van der Waals surface area (Å²) in [6, 6.07) is 42.2. The number of hydrogen-bond acceptors (Lipinski definition) is 12. The van der Waals surface area contributed by atoms with Gasteiger partial charge < -0.3 is 45.3 Å². The molecular weight excluding hydrogens is 911 g/mol. The maximum Gasteiger partial charge on any atom is 0.408 e. The molecule has 2 aliphatic rings. The van der Waals surface area contributed by atoms with Gasteiger partial charge >= 0.3 is 18.2 Å². The molecule has 358 valence electrons. The van der Waals surface area contributed by atoms with Crippen molar-refractivity contribution in [2.45, 2.75) is 55.2 Å². The minimum atomic E-state index is -1.21. The number of carbonyl (C=O) groups is 5. The Morgan fingerprint density at radius 1 is 0.771 bits per heavy atom. The Morgan fingerprint density at radius 2 is 1.40 bits per heavy atom. The number of phenols is 2. The molecule has 16 heteroatoms. The fourth-order valence-electron chi connectivity index (χ4n) is 8.21. The number of alkyl carbamates (subject to hydrolysis) is 2. The molecule has 2 aliphatic heterocycles. The summed E-state index contributed by atoms with van der Waals surface area (Å²) >= 11 is 1.26. The normalized spacial score (nSPS) is 17.8. The Labute approximate surface area is 408 Å². The van der Waals surface area contributed by atoms with Crippen LogP contribution < -0.4 is 16.0 Å². The topological polar surface area (TPSA) is 206 Å². The van der Waals surface area contributed by atoms with Crippen LogP contribution in [-0.4, -0.2) is 85.9 Å². The number of aromatic nitrogens is 1. The van der Waals surface area contributed by atoms with Gasteiger partial charge in [-0.3, -0.25) is 14.6 Å². The Morgan fingerprint density at radius 3 is 2.06 bits per heavy atom. The average molecular weight is 962 g/mol. The summed E-state index contributed by atoms with van der Waals surface area (Å²) < 4.78 is 16.5. The van der Waals surface area contributed by atoms with E-state index < -0.39 is 57.8 Å². The Hall–Kier alpha value is -8.11. The van der Waals surface area contributed by atoms with E-state index in [2.05, 4.69) is 20.9 Å². The molecule has 3 atom stereocenters. The van der Waals surface area contributed by atoms with Gasteiger partial charge in [0.25, 0.3) is 11.8 Å². The standard InChI is InChI=1S/C54H51N5O10S/c1-53(2,40-22-20-36(21-23-40)35-13-7-4-8-14-35)69-52(66)57-28-27-56-47(62)39-25-26-55-41(30-39)31-42-48(63)59-46(50(64)68-45(37-15-9-5-10-16-37)38-17-11-6-12-18-38)54(3,70-49(42)59)33-67-51(65)58-32-34-19-24-43(60)44(61)29-34/h4-26,29-31,45-46,49,60-61H,27-28,32-33H2,1-3H3,(H,56,62)(H,57,66)(H,58,65)/t46-,49?,54-/m0/s1. The number of thioether (sulfide) groups is 1. The highest BCUT2D eigenvalue weighted by Crippen LogP contribution is 2.54. The predicted molar refractivity (Wildman–Crippen MR) is 263 cm³/mol. The second-order valence-corrected chi connectivity index (χ2v) is 19.0. The predicted octanol–water partition coefficient (Wildman–Crippen LogP) is 8.24. The van der Waals surface area contributed by atoms with Crippen molar-refractivity contribution in [1.29, 1.82) is 0 Å². The lowest BCUT2D eigenvalue weighted by Crippen LogP contribution is -2.60. The first-order chi connectivity index (χ1) is 33.7. The molecule has 5 aromatic carbocycles. The van der Waals surface area contributed by atoms with Gasteiger partial charge in [-0.1, -0.05) is 121 Å². The highest BCUT2D eigenvalue weighted by molar-refractivity contribution is 8.02. The van der Waals surface area contributed by atoms with Gasteiger partial charge in [-0.25, -0.2) is 14.4 Å². The van der Waals surface area contributed by atoms with Crippen molar-refractivity contribution in [2.24, 2.45) is 0 Å². The maximum atomic E-state index is 14.5. The number of phenolic OH excluding ortho intramolecular Hbond substituents is 2. The maximum absolute atomic E-state index is 14.5. The molecule has 0 radical (unpaired) electrons. The summed E-state index contributed by atoms with van der Waals surface area (Å²) in [6.07, 6.45) is 0.730. The largest absolute Gasteiger partial charge is 0.504 e. The number of rotatable bonds is 16. The van der Waals surface area contributed by atoms with Crippen LogP contribution >= 0.6 is 11.8 Å². The summed E-state index contributed by atoms with van der Waals surface area (Å²) in [5.74, 6) is -2.25. The van der Waals surface area contributed by atoms with Gasteiger partial charge in [0, 0.05) is 31.4 Å². The monoisotopic (exact) mass is 961 g/mol. The van der Waals surface area contributed by atoms with Crippen LogP contribution in [0.15, 0.2) is 157 Å². The Kier molecular flexibility index (Phi) is 14.5. The van der Waals surface area contributed by atoms with Crippen molar-refractivity contribution in [3.63, 3.8) is 0 Å². The SMILES string of the molecule is CC(C)(OC(=O)NCCNC(=O)c1ccnc(C=C2C(=O)N3C2S[C@@](C)(COC(=O)NCc2ccc(O)c(O)c2)[C@@H]3C(=O)OC(c2ccccc2)c2ccccc2)c1)c1ccc(-c2ccccc2)cc1. The molecule has 15 nitrogen and oxygen atoms in total. The Balaban J connectivity index is 0.915. The molecule has 5 N–H and O–H groups in total. The minimum absolute atomic E-state index is 0.0295. The lowest BCUT2D eigenvalue weighted by Gasteiger charge is -2.40. The van der Waals surface area contributed by atoms with Crippen LogP contribution in [0.2, 0.25) is 0 Å². The van der Waals surface area contributed by atoms with Gasteiger partial charge in [-0.05, 0) is 84.5 Å². The number of hydrogen-bond donors (Lipinski definition) is 5. The molecule has 0 bridgehead atoms. The van der Waals surface area contributed by atoms with Crippen LogP contribution in [0.5, 0.6) is 11.5 Å². The number of amides is 4. The minimum Gasteiger partial charge on any atom is -0.504 e. The van der Waals surface area contributed by atoms with E-state index >= 15 is 0 Å². The first-order valence-electron chi connectivity index (χ1n) is 22.5. The van der Waals surface area contributed by atoms with Crippen molar-refractivity contribution < 1.29 is 48.4 Å². The van der Waals surface area contributed by atoms with Gasteiger partial charge in [-0.2, -0.15) is 0 Å². The number of nitrogens with one attached hydrogen (secondary N) is 3. The fraction of sp³-hybridized carbons (Fsp3) is 0.222. The number of carbonyl (C=O) groups excluding carboxylic acids is 5. The van der Waals surface area contributed by atoms with E-state index in [1.165, 1.54) is 53.2 Å². The number of ether oxygens (including phenoxy) is 3. The molecule has 3 heterocycles. The zero-order chi connectivity index (χ0) is 49.4. The number of aromatic hydroxyl groups is 2. The molecule has 2 fully saturated rings. The van der Waals surface area contributed by atoms with Gasteiger partial charge in [0.15, 0.2) is 17.6 Å². The third-order valence-electron chi connectivity index (χ3n) is 11.9. The molecule has 70 heavy (non-hydrogen) atoms. The summed E-state index contributed by atoms with van der Waals surface area (Å²) in [6.45, 7) is 5.17. The lowest BCUT2D eigenvalue weighted by molar-refractivity contribution is -0.161. The average Bonchev–Trinajstić information content (AvgIpc) is 3.65. The smallest absolute Gasteiger partial charge is 0.408 e. The number of benzene rings is 5. The van der Waals surface area contributed by atoms with E-state index in [0.717, 1.165) is 16.7 Å². The molecule has 6 aromatic rings. The third kappa shape index (κ3) is 11.1. The van der Waals surface area contributed by atoms with Gasteiger partial charge in [-0.15, -0.1) is 11.8 Å². The first-order valence-corrected chi connectivity index (χ1v) is 23.4. The van der Waals surface area contributed by atoms with Crippen LogP contribution in [0.25, 0.3) is 17.2 Å². The second-order valence-electron chi connectivity index (χ2n) is 17.4. The number of fused-ring (bicyclic) bond motifs is 1. The van der Waals surface area contributed by atoms with E-state index in [-0.39, 0.29) is 43.3 Å². The van der Waals surface area contributed by atoms with Gasteiger partial charge in [0.1, 0.15) is 23.6 Å². The van der Waals surface area contributed by atoms with Crippen molar-refractivity contribution >= 4 is 47.8 Å². The van der Waals surface area contributed by atoms with E-state index in [1.807, 2.05) is 115 Å². The lowest BCUT2D eigenvalue weighted by atomic mass is 9.93. The summed E-state index contributed by atoms with van der Waals surface area (Å²) in [5, 5.41) is 27.0. The molecule has 0 saturated carbocycles. The van der Waals surface area contributed by atoms with Crippen LogP contribution in [0.4, 0.5) is 9.59 Å². The van der Waals surface area contributed by atoms with Crippen LogP contribution in [-0.2, 0) is 35.9 Å².